The number of likely N-dealkylation sites (tertiary alicyclic amines) is 1. The summed E-state index contributed by atoms with van der Waals surface area (Å²) in [7, 11) is 0. The van der Waals surface area contributed by atoms with Crippen LogP contribution in [0.3, 0.4) is 0 Å². The van der Waals surface area contributed by atoms with Gasteiger partial charge in [-0.25, -0.2) is 28.7 Å². The first kappa shape index (κ1) is 54.3. The third-order valence-corrected chi connectivity index (χ3v) is 11.4. The van der Waals surface area contributed by atoms with Gasteiger partial charge in [-0.15, -0.1) is 24.8 Å². The van der Waals surface area contributed by atoms with E-state index in [0.29, 0.717) is 65.5 Å². The van der Waals surface area contributed by atoms with Gasteiger partial charge in [-0.3, -0.25) is 28.0 Å². The zero-order valence-electron chi connectivity index (χ0n) is 39.5. The van der Waals surface area contributed by atoms with E-state index in [9.17, 15) is 28.0 Å². The zero-order valence-corrected chi connectivity index (χ0v) is 41.1. The Morgan fingerprint density at radius 3 is 1.51 bits per heavy atom. The van der Waals surface area contributed by atoms with E-state index in [1.807, 2.05) is 10.5 Å². The SMILES string of the molecule is CC(=O)NCC(=O)N1CCC(Nc2nccc(-c3c(-c4ccc(F)cc4)nc4occn34)n2)CC1.CC(=O)NCC(=O)O.Cl.Cl.Fc1ccc(-c2nc3occn3c2-c2ccnc(NC3CCNCC3)n2)cc1. The summed E-state index contributed by atoms with van der Waals surface area (Å²) >= 11 is 0. The minimum absolute atomic E-state index is 0. The van der Waals surface area contributed by atoms with Gasteiger partial charge in [0.15, 0.2) is 0 Å². The lowest BCUT2D eigenvalue weighted by Gasteiger charge is -2.32. The Morgan fingerprint density at radius 2 is 1.08 bits per heavy atom. The highest BCUT2D eigenvalue weighted by Crippen LogP contribution is 2.34. The van der Waals surface area contributed by atoms with Crippen molar-refractivity contribution < 1.29 is 41.9 Å². The monoisotopic (exact) mass is 1040 g/mol. The molecule has 3 amide bonds. The molecule has 25 heteroatoms. The molecule has 6 aromatic heterocycles. The van der Waals surface area contributed by atoms with Crippen molar-refractivity contribution in [2.45, 2.75) is 51.6 Å². The fourth-order valence-electron chi connectivity index (χ4n) is 7.92. The number of halogens is 4. The molecule has 0 radical (unpaired) electrons. The fraction of sp³-hybridized carbons (Fsp3) is 0.292. The Kier molecular flexibility index (Phi) is 18.9. The molecule has 0 unspecified atom stereocenters. The van der Waals surface area contributed by atoms with Crippen molar-refractivity contribution in [3.63, 3.8) is 0 Å². The summed E-state index contributed by atoms with van der Waals surface area (Å²) in [6.45, 7) is 5.53. The Morgan fingerprint density at radius 1 is 0.644 bits per heavy atom. The van der Waals surface area contributed by atoms with E-state index in [4.69, 9.17) is 23.9 Å². The first-order valence-corrected chi connectivity index (χ1v) is 22.7. The first-order chi connectivity index (χ1) is 34.4. The summed E-state index contributed by atoms with van der Waals surface area (Å²) in [5.41, 5.74) is 5.70. The molecule has 384 valence electrons. The minimum atomic E-state index is -1.03. The largest absolute Gasteiger partial charge is 0.480 e. The van der Waals surface area contributed by atoms with Gasteiger partial charge in [0.05, 0.1) is 17.9 Å². The number of anilines is 2. The summed E-state index contributed by atoms with van der Waals surface area (Å²) in [4.78, 5) is 72.0. The standard InChI is InChI=1S/C24H24FN7O3.C20H19FN6O.C4H7NO3.2ClH/c1-15(33)27-14-20(34)31-10-7-18(8-11-31)28-23-26-9-6-19(29-23)22-21(16-2-4-17(25)5-3-16)30-24-32(22)12-13-35-24;21-14-3-1-13(2-4-14)17-18(27-11-12-28-20(27)26-17)16-7-10-23-19(25-16)24-15-5-8-22-9-6-15;1-3(6)5-2-4(7)8;;/h2-6,9,12-13,18H,7-8,10-11,14H2,1H3,(H,27,33)(H,26,28,29);1-4,7,10-12,15,22H,5-6,8-9H2,(H,23,24,25);2H2,1H3,(H,5,6)(H,7,8);2*1H. The minimum Gasteiger partial charge on any atom is -0.480 e. The van der Waals surface area contributed by atoms with Gasteiger partial charge in [0.25, 0.3) is 0 Å². The lowest BCUT2D eigenvalue weighted by atomic mass is 10.1. The molecule has 73 heavy (non-hydrogen) atoms. The summed E-state index contributed by atoms with van der Waals surface area (Å²) in [6, 6.07) is 16.5. The van der Waals surface area contributed by atoms with Crippen LogP contribution in [0.15, 0.2) is 107 Å². The van der Waals surface area contributed by atoms with Crippen molar-refractivity contribution in [1.82, 2.24) is 59.6 Å². The van der Waals surface area contributed by atoms with Crippen molar-refractivity contribution in [2.24, 2.45) is 0 Å². The predicted molar refractivity (Wildman–Crippen MR) is 270 cm³/mol. The Bertz CT molecular complexity index is 3100. The normalized spacial score (nSPS) is 13.6. The molecule has 21 nitrogen and oxygen atoms in total. The number of aliphatic carboxylic acids is 1. The molecule has 0 saturated carbocycles. The Hall–Kier alpha value is -8.02. The van der Waals surface area contributed by atoms with Gasteiger partial charge in [0.2, 0.25) is 29.6 Å². The number of carboxylic acid groups (broad SMARTS) is 1. The second-order valence-electron chi connectivity index (χ2n) is 16.5. The highest BCUT2D eigenvalue weighted by atomic mass is 35.5. The molecule has 0 atom stereocenters. The van der Waals surface area contributed by atoms with E-state index in [0.717, 1.165) is 61.3 Å². The lowest BCUT2D eigenvalue weighted by molar-refractivity contribution is -0.137. The second-order valence-corrected chi connectivity index (χ2v) is 16.5. The van der Waals surface area contributed by atoms with Crippen molar-refractivity contribution in [3.05, 3.63) is 110 Å². The van der Waals surface area contributed by atoms with Crippen LogP contribution in [0, 0.1) is 11.6 Å². The van der Waals surface area contributed by atoms with E-state index in [1.54, 1.807) is 76.9 Å². The number of amides is 3. The maximum atomic E-state index is 13.5. The number of oxazole rings is 2. The van der Waals surface area contributed by atoms with Crippen LogP contribution in [-0.2, 0) is 19.2 Å². The molecule has 2 aliphatic rings. The first-order valence-electron chi connectivity index (χ1n) is 22.7. The quantitative estimate of drug-likeness (QED) is 0.0803. The average molecular weight is 1050 g/mol. The van der Waals surface area contributed by atoms with Gasteiger partial charge in [0, 0.05) is 74.9 Å². The molecular formula is C48H52Cl2F2N14O7. The van der Waals surface area contributed by atoms with Gasteiger partial charge in [-0.05, 0) is 99.4 Å². The van der Waals surface area contributed by atoms with Gasteiger partial charge in [-0.2, -0.15) is 9.97 Å². The fourth-order valence-corrected chi connectivity index (χ4v) is 7.92. The molecule has 6 N–H and O–H groups in total. The van der Waals surface area contributed by atoms with Crippen LogP contribution in [0.5, 0.6) is 0 Å². The number of hydrogen-bond donors (Lipinski definition) is 6. The van der Waals surface area contributed by atoms with E-state index >= 15 is 0 Å². The predicted octanol–water partition coefficient (Wildman–Crippen LogP) is 6.13. The number of carbonyl (C=O) groups excluding carboxylic acids is 3. The number of hydrogen-bond acceptors (Lipinski definition) is 15. The number of carboxylic acids is 1. The molecule has 0 aliphatic carbocycles. The summed E-state index contributed by atoms with van der Waals surface area (Å²) < 4.78 is 41.4. The van der Waals surface area contributed by atoms with Crippen molar-refractivity contribution in [1.29, 1.82) is 0 Å². The average Bonchev–Trinajstić information content (AvgIpc) is 4.17. The van der Waals surface area contributed by atoms with Crippen LogP contribution in [0.25, 0.3) is 57.0 Å². The molecule has 2 aliphatic heterocycles. The number of nitrogens with one attached hydrogen (secondary N) is 5. The van der Waals surface area contributed by atoms with Crippen LogP contribution >= 0.6 is 24.8 Å². The molecule has 2 saturated heterocycles. The summed E-state index contributed by atoms with van der Waals surface area (Å²) in [5.74, 6) is -0.354. The van der Waals surface area contributed by atoms with Crippen LogP contribution in [0.2, 0.25) is 0 Å². The molecular weight excluding hydrogens is 994 g/mol. The maximum Gasteiger partial charge on any atom is 0.322 e. The number of carbonyl (C=O) groups is 4. The number of nitrogens with zero attached hydrogens (tertiary/aromatic N) is 9. The van der Waals surface area contributed by atoms with Gasteiger partial charge in [0.1, 0.15) is 53.5 Å². The highest BCUT2D eigenvalue weighted by Gasteiger charge is 2.25. The van der Waals surface area contributed by atoms with Crippen LogP contribution < -0.4 is 26.6 Å². The number of imidazole rings is 2. The van der Waals surface area contributed by atoms with E-state index in [1.165, 1.54) is 38.1 Å². The van der Waals surface area contributed by atoms with Crippen LogP contribution in [-0.4, -0.2) is 124 Å². The third kappa shape index (κ3) is 14.1. The topological polar surface area (TPSA) is 264 Å². The summed E-state index contributed by atoms with van der Waals surface area (Å²) in [5, 5.41) is 22.7. The number of aromatic nitrogens is 8. The van der Waals surface area contributed by atoms with E-state index < -0.39 is 5.97 Å². The molecule has 2 fully saturated rings. The van der Waals surface area contributed by atoms with E-state index in [-0.39, 0.29) is 73.3 Å². The molecule has 2 aromatic carbocycles. The van der Waals surface area contributed by atoms with E-state index in [2.05, 4.69) is 46.5 Å². The van der Waals surface area contributed by atoms with Crippen molar-refractivity contribution in [2.75, 3.05) is 49.9 Å². The maximum absolute atomic E-state index is 13.5. The third-order valence-electron chi connectivity index (χ3n) is 11.4. The van der Waals surface area contributed by atoms with Gasteiger partial charge < -0.3 is 45.4 Å². The van der Waals surface area contributed by atoms with Crippen LogP contribution in [0.4, 0.5) is 20.7 Å². The number of fused-ring (bicyclic) bond motifs is 2. The highest BCUT2D eigenvalue weighted by molar-refractivity contribution is 5.86. The molecule has 10 rings (SSSR count). The van der Waals surface area contributed by atoms with Crippen molar-refractivity contribution in [3.8, 4) is 45.3 Å². The Balaban J connectivity index is 0.000000206. The summed E-state index contributed by atoms with van der Waals surface area (Å²) in [6.07, 6.45) is 13.6. The van der Waals surface area contributed by atoms with Gasteiger partial charge >= 0.3 is 17.7 Å². The van der Waals surface area contributed by atoms with Gasteiger partial charge in [-0.1, -0.05) is 0 Å². The van der Waals surface area contributed by atoms with Crippen LogP contribution in [0.1, 0.15) is 39.5 Å². The number of rotatable bonds is 12. The number of benzene rings is 2. The molecule has 8 heterocycles. The van der Waals surface area contributed by atoms with Crippen molar-refractivity contribution >= 4 is 72.1 Å². The smallest absolute Gasteiger partial charge is 0.322 e. The number of piperidine rings is 2. The Labute approximate surface area is 428 Å². The molecule has 8 aromatic rings. The zero-order chi connectivity index (χ0) is 49.9. The lowest BCUT2D eigenvalue weighted by Crippen LogP contribution is -2.46. The molecule has 0 spiro atoms. The molecule has 0 bridgehead atoms. The second kappa shape index (κ2) is 25.4.